The molecule has 1 aromatic rings. The molecule has 0 aliphatic carbocycles. The Morgan fingerprint density at radius 1 is 1.36 bits per heavy atom. The lowest BCUT2D eigenvalue weighted by Gasteiger charge is -2.00. The minimum absolute atomic E-state index is 0.536. The van der Waals surface area contributed by atoms with Gasteiger partial charge in [0.1, 0.15) is 0 Å². The van der Waals surface area contributed by atoms with Crippen LogP contribution in [0.4, 0.5) is 5.69 Å². The lowest BCUT2D eigenvalue weighted by atomic mass is 10.2. The van der Waals surface area contributed by atoms with Gasteiger partial charge in [-0.3, -0.25) is 0 Å². The summed E-state index contributed by atoms with van der Waals surface area (Å²) in [4.78, 5) is 0. The number of benzene rings is 1. The number of rotatable bonds is 2. The lowest BCUT2D eigenvalue weighted by molar-refractivity contribution is 1.01. The van der Waals surface area contributed by atoms with Gasteiger partial charge in [-0.1, -0.05) is 18.2 Å². The first-order valence-corrected chi connectivity index (χ1v) is 3.55. The van der Waals surface area contributed by atoms with E-state index in [0.717, 1.165) is 17.7 Å². The number of aryl methyl sites for hydroxylation is 1. The first-order chi connectivity index (χ1) is 5.34. The summed E-state index contributed by atoms with van der Waals surface area (Å²) in [7, 11) is 0. The minimum Gasteiger partial charge on any atom is -0.399 e. The van der Waals surface area contributed by atoms with Gasteiger partial charge in [0.25, 0.3) is 0 Å². The molecular weight excluding hydrogens is 137 g/mol. The van der Waals surface area contributed by atoms with Gasteiger partial charge in [-0.15, -0.1) is 0 Å². The van der Waals surface area contributed by atoms with Gasteiger partial charge >= 0.3 is 0 Å². The van der Waals surface area contributed by atoms with Crippen LogP contribution in [0.5, 0.6) is 0 Å². The van der Waals surface area contributed by atoms with Crippen LogP contribution >= 0.6 is 0 Å². The highest BCUT2D eigenvalue weighted by Crippen LogP contribution is 2.11. The first kappa shape index (κ1) is 7.62. The zero-order chi connectivity index (χ0) is 8.10. The molecular formula is C9H10N2. The van der Waals surface area contributed by atoms with Crippen LogP contribution < -0.4 is 5.73 Å². The third-order valence-corrected chi connectivity index (χ3v) is 1.56. The SMILES string of the molecule is N#CCCc1cccc[13c]1N. The fourth-order valence-corrected chi connectivity index (χ4v) is 0.952. The molecule has 0 atom stereocenters. The maximum atomic E-state index is 8.33. The molecule has 0 aromatic heterocycles. The average molecular weight is 147 g/mol. The van der Waals surface area contributed by atoms with E-state index in [1.165, 1.54) is 0 Å². The summed E-state index contributed by atoms with van der Waals surface area (Å²) in [6.45, 7) is 0. The monoisotopic (exact) mass is 147 g/mol. The van der Waals surface area contributed by atoms with E-state index < -0.39 is 0 Å². The van der Waals surface area contributed by atoms with Crippen molar-refractivity contribution >= 4 is 5.69 Å². The number of nitriles is 1. The molecule has 0 saturated heterocycles. The van der Waals surface area contributed by atoms with E-state index in [1.54, 1.807) is 0 Å². The molecule has 0 heterocycles. The Bertz CT molecular complexity index is 273. The van der Waals surface area contributed by atoms with Crippen molar-refractivity contribution in [2.24, 2.45) is 0 Å². The second kappa shape index (κ2) is 3.62. The molecule has 0 saturated carbocycles. The maximum absolute atomic E-state index is 8.33. The number of hydrogen-bond acceptors (Lipinski definition) is 2. The summed E-state index contributed by atoms with van der Waals surface area (Å²) < 4.78 is 0. The quantitative estimate of drug-likeness (QED) is 0.647. The molecule has 0 unspecified atom stereocenters. The Kier molecular flexibility index (Phi) is 2.51. The number of anilines is 1. The molecule has 0 radical (unpaired) electrons. The van der Waals surface area contributed by atoms with Gasteiger partial charge < -0.3 is 5.73 Å². The van der Waals surface area contributed by atoms with Crippen LogP contribution in [0.25, 0.3) is 0 Å². The van der Waals surface area contributed by atoms with Crippen LogP contribution in [0.3, 0.4) is 0 Å². The molecule has 2 nitrogen and oxygen atoms in total. The molecule has 1 aromatic carbocycles. The third-order valence-electron chi connectivity index (χ3n) is 1.56. The molecule has 0 aliphatic rings. The molecule has 0 amide bonds. The van der Waals surface area contributed by atoms with Gasteiger partial charge in [0, 0.05) is 12.1 Å². The van der Waals surface area contributed by atoms with Crippen molar-refractivity contribution in [3.8, 4) is 6.07 Å². The van der Waals surface area contributed by atoms with E-state index >= 15 is 0 Å². The Labute approximate surface area is 66.3 Å². The van der Waals surface area contributed by atoms with Crippen molar-refractivity contribution in [3.05, 3.63) is 29.8 Å². The van der Waals surface area contributed by atoms with Crippen molar-refractivity contribution in [1.82, 2.24) is 0 Å². The Balaban J connectivity index is 2.71. The molecule has 0 bridgehead atoms. The summed E-state index contributed by atoms with van der Waals surface area (Å²) in [5, 5.41) is 8.33. The highest BCUT2D eigenvalue weighted by molar-refractivity contribution is 5.46. The van der Waals surface area contributed by atoms with Crippen LogP contribution in [0.1, 0.15) is 12.0 Å². The first-order valence-electron chi connectivity index (χ1n) is 3.55. The summed E-state index contributed by atoms with van der Waals surface area (Å²) in [5.41, 5.74) is 7.50. The number of nitrogens with zero attached hydrogens (tertiary/aromatic N) is 1. The van der Waals surface area contributed by atoms with Crippen molar-refractivity contribution in [2.75, 3.05) is 5.73 Å². The molecule has 0 spiro atoms. The van der Waals surface area contributed by atoms with Gasteiger partial charge in [-0.05, 0) is 18.1 Å². The Morgan fingerprint density at radius 3 is 2.73 bits per heavy atom. The molecule has 2 N–H and O–H groups in total. The third kappa shape index (κ3) is 1.98. The van der Waals surface area contributed by atoms with Crippen molar-refractivity contribution < 1.29 is 0 Å². The van der Waals surface area contributed by atoms with E-state index in [9.17, 15) is 0 Å². The highest BCUT2D eigenvalue weighted by atomic mass is 14.8. The normalized spacial score (nSPS) is 9.00. The number of nitrogen functional groups attached to an aromatic ring is 1. The van der Waals surface area contributed by atoms with Gasteiger partial charge in [-0.25, -0.2) is 0 Å². The summed E-state index contributed by atoms with van der Waals surface area (Å²) in [6.07, 6.45) is 1.29. The van der Waals surface area contributed by atoms with Gasteiger partial charge in [0.2, 0.25) is 0 Å². The summed E-state index contributed by atoms with van der Waals surface area (Å²) in [5.74, 6) is 0. The van der Waals surface area contributed by atoms with Gasteiger partial charge in [-0.2, -0.15) is 5.26 Å². The van der Waals surface area contributed by atoms with E-state index in [2.05, 4.69) is 6.07 Å². The smallest absolute Gasteiger partial charge is 0.0625 e. The number of para-hydroxylation sites is 1. The predicted octanol–water partition coefficient (Wildman–Crippen LogP) is 1.72. The lowest BCUT2D eigenvalue weighted by Crippen LogP contribution is -1.92. The Hall–Kier alpha value is -1.49. The van der Waals surface area contributed by atoms with E-state index in [4.69, 9.17) is 11.0 Å². The molecule has 11 heavy (non-hydrogen) atoms. The van der Waals surface area contributed by atoms with Gasteiger partial charge in [0.15, 0.2) is 0 Å². The summed E-state index contributed by atoms with van der Waals surface area (Å²) in [6, 6.07) is 9.72. The van der Waals surface area contributed by atoms with E-state index in [-0.39, 0.29) is 0 Å². The fourth-order valence-electron chi connectivity index (χ4n) is 0.952. The molecule has 56 valence electrons. The minimum atomic E-state index is 0.536. The van der Waals surface area contributed by atoms with E-state index in [0.29, 0.717) is 6.42 Å². The number of hydrogen-bond donors (Lipinski definition) is 1. The van der Waals surface area contributed by atoms with Crippen LogP contribution in [0.15, 0.2) is 24.3 Å². The predicted molar refractivity (Wildman–Crippen MR) is 44.8 cm³/mol. The van der Waals surface area contributed by atoms with Crippen LogP contribution in [-0.2, 0) is 6.42 Å². The van der Waals surface area contributed by atoms with E-state index in [1.807, 2.05) is 24.3 Å². The van der Waals surface area contributed by atoms with Crippen molar-refractivity contribution in [2.45, 2.75) is 12.8 Å². The molecule has 1 rings (SSSR count). The van der Waals surface area contributed by atoms with Crippen LogP contribution in [0, 0.1) is 11.3 Å². The zero-order valence-electron chi connectivity index (χ0n) is 6.25. The average Bonchev–Trinajstić information content (AvgIpc) is 2.03. The number of nitrogens with two attached hydrogens (primary N) is 1. The maximum Gasteiger partial charge on any atom is 0.0625 e. The largest absolute Gasteiger partial charge is 0.399 e. The van der Waals surface area contributed by atoms with Crippen molar-refractivity contribution in [3.63, 3.8) is 0 Å². The molecule has 2 heteroatoms. The summed E-state index contributed by atoms with van der Waals surface area (Å²) >= 11 is 0. The molecule has 0 aliphatic heterocycles. The molecule has 0 fully saturated rings. The Morgan fingerprint density at radius 2 is 2.09 bits per heavy atom. The van der Waals surface area contributed by atoms with Crippen molar-refractivity contribution in [1.29, 1.82) is 5.26 Å². The second-order valence-electron chi connectivity index (χ2n) is 2.36. The van der Waals surface area contributed by atoms with Crippen LogP contribution in [-0.4, -0.2) is 0 Å². The topological polar surface area (TPSA) is 49.8 Å². The van der Waals surface area contributed by atoms with Crippen LogP contribution in [0.2, 0.25) is 0 Å². The van der Waals surface area contributed by atoms with Gasteiger partial charge in [0.05, 0.1) is 6.07 Å². The highest BCUT2D eigenvalue weighted by Gasteiger charge is 1.95. The fraction of sp³-hybridized carbons (Fsp3) is 0.222. The zero-order valence-corrected chi connectivity index (χ0v) is 6.25. The second-order valence-corrected chi connectivity index (χ2v) is 2.36. The standard InChI is InChI=1S/C9H10N2/c10-7-3-5-8-4-1-2-6-9(8)11/h1-2,4,6H,3,5,11H2/i9+1.